The molecule has 0 amide bonds. The van der Waals surface area contributed by atoms with Crippen LogP contribution in [-0.2, 0) is 22.2 Å². The number of benzene rings is 1. The van der Waals surface area contributed by atoms with Crippen molar-refractivity contribution < 1.29 is 13.5 Å². The molecule has 2 aliphatic rings. The number of rotatable bonds is 4. The van der Waals surface area contributed by atoms with E-state index in [2.05, 4.69) is 5.10 Å². The first-order valence-electron chi connectivity index (χ1n) is 9.16. The van der Waals surface area contributed by atoms with Crippen molar-refractivity contribution in [3.63, 3.8) is 0 Å². The van der Waals surface area contributed by atoms with Crippen LogP contribution in [0.15, 0.2) is 41.6 Å². The van der Waals surface area contributed by atoms with Crippen LogP contribution in [0.1, 0.15) is 30.9 Å². The Morgan fingerprint density at radius 2 is 2.00 bits per heavy atom. The quantitative estimate of drug-likeness (QED) is 0.888. The average molecular weight is 375 g/mol. The van der Waals surface area contributed by atoms with Gasteiger partial charge in [-0.15, -0.1) is 0 Å². The summed E-state index contributed by atoms with van der Waals surface area (Å²) in [5, 5.41) is 15.5. The summed E-state index contributed by atoms with van der Waals surface area (Å²) in [6.45, 7) is 5.40. The largest absolute Gasteiger partial charge is 0.385 e. The molecule has 0 radical (unpaired) electrons. The second-order valence-electron chi connectivity index (χ2n) is 7.55. The van der Waals surface area contributed by atoms with Crippen LogP contribution >= 0.6 is 0 Å². The standard InChI is InChI=1S/C19H25N3O3S/c1-3-21-12-17(10-20-21)26(24,25)22-11-15-8-9-19(23,18(15)13-22)16-6-4-14(2)5-7-16/h4-7,10,12,15,18,23H,3,8-9,11,13H2,1-2H3/t15-,18+,19+/m1/s1. The summed E-state index contributed by atoms with van der Waals surface area (Å²) in [5.74, 6) is 0.124. The van der Waals surface area contributed by atoms with Gasteiger partial charge in [0.2, 0.25) is 10.0 Å². The van der Waals surface area contributed by atoms with E-state index in [1.54, 1.807) is 10.9 Å². The van der Waals surface area contributed by atoms with Gasteiger partial charge in [0.1, 0.15) is 4.90 Å². The molecule has 1 aromatic carbocycles. The minimum Gasteiger partial charge on any atom is -0.385 e. The van der Waals surface area contributed by atoms with Gasteiger partial charge in [-0.1, -0.05) is 29.8 Å². The fourth-order valence-electron chi connectivity index (χ4n) is 4.45. The van der Waals surface area contributed by atoms with Gasteiger partial charge in [-0.2, -0.15) is 9.40 Å². The Morgan fingerprint density at radius 1 is 1.27 bits per heavy atom. The number of hydrogen-bond donors (Lipinski definition) is 1. The molecular formula is C19H25N3O3S. The maximum Gasteiger partial charge on any atom is 0.246 e. The lowest BCUT2D eigenvalue weighted by molar-refractivity contribution is -0.00400. The van der Waals surface area contributed by atoms with Crippen LogP contribution in [0.25, 0.3) is 0 Å². The molecule has 0 unspecified atom stereocenters. The number of aromatic nitrogens is 2. The maximum atomic E-state index is 13.0. The molecule has 1 aliphatic carbocycles. The molecule has 4 rings (SSSR count). The highest BCUT2D eigenvalue weighted by Crippen LogP contribution is 2.51. The maximum absolute atomic E-state index is 13.0. The molecule has 2 fully saturated rings. The van der Waals surface area contributed by atoms with E-state index < -0.39 is 15.6 Å². The van der Waals surface area contributed by atoms with E-state index in [0.29, 0.717) is 26.1 Å². The van der Waals surface area contributed by atoms with E-state index in [0.717, 1.165) is 17.5 Å². The molecule has 2 heterocycles. The van der Waals surface area contributed by atoms with E-state index >= 15 is 0 Å². The summed E-state index contributed by atoms with van der Waals surface area (Å²) in [5.41, 5.74) is 1.10. The molecule has 0 bridgehead atoms. The predicted molar refractivity (Wildman–Crippen MR) is 97.9 cm³/mol. The second kappa shape index (κ2) is 6.18. The van der Waals surface area contributed by atoms with Crippen molar-refractivity contribution in [3.8, 4) is 0 Å². The molecule has 3 atom stereocenters. The number of hydrogen-bond acceptors (Lipinski definition) is 4. The fraction of sp³-hybridized carbons (Fsp3) is 0.526. The average Bonchev–Trinajstić information content (AvgIpc) is 3.32. The van der Waals surface area contributed by atoms with Crippen molar-refractivity contribution in [1.82, 2.24) is 14.1 Å². The third-order valence-electron chi connectivity index (χ3n) is 6.04. The zero-order valence-electron chi connectivity index (χ0n) is 15.2. The zero-order valence-corrected chi connectivity index (χ0v) is 16.0. The number of fused-ring (bicyclic) bond motifs is 1. The van der Waals surface area contributed by atoms with Crippen LogP contribution in [0, 0.1) is 18.8 Å². The topological polar surface area (TPSA) is 75.4 Å². The van der Waals surface area contributed by atoms with Gasteiger partial charge in [0.05, 0.1) is 11.8 Å². The van der Waals surface area contributed by atoms with E-state index in [1.165, 1.54) is 10.5 Å². The summed E-state index contributed by atoms with van der Waals surface area (Å²) < 4.78 is 29.1. The van der Waals surface area contributed by atoms with Crippen molar-refractivity contribution in [3.05, 3.63) is 47.8 Å². The van der Waals surface area contributed by atoms with Gasteiger partial charge >= 0.3 is 0 Å². The van der Waals surface area contributed by atoms with Gasteiger partial charge in [0.25, 0.3) is 0 Å². The second-order valence-corrected chi connectivity index (χ2v) is 9.49. The molecule has 140 valence electrons. The minimum absolute atomic E-state index is 0.0683. The zero-order chi connectivity index (χ0) is 18.5. The van der Waals surface area contributed by atoms with Crippen molar-refractivity contribution in [2.45, 2.75) is 43.7 Å². The van der Waals surface area contributed by atoms with Crippen LogP contribution in [-0.4, -0.2) is 40.7 Å². The molecule has 1 aromatic heterocycles. The lowest BCUT2D eigenvalue weighted by Crippen LogP contribution is -2.36. The van der Waals surface area contributed by atoms with E-state index in [9.17, 15) is 13.5 Å². The highest BCUT2D eigenvalue weighted by atomic mass is 32.2. The molecule has 1 saturated heterocycles. The molecule has 6 nitrogen and oxygen atoms in total. The Morgan fingerprint density at radius 3 is 2.65 bits per heavy atom. The predicted octanol–water partition coefficient (Wildman–Crippen LogP) is 2.13. The molecule has 1 aliphatic heterocycles. The van der Waals surface area contributed by atoms with Crippen molar-refractivity contribution in [1.29, 1.82) is 0 Å². The minimum atomic E-state index is -3.57. The van der Waals surface area contributed by atoms with Gasteiger partial charge < -0.3 is 5.11 Å². The monoisotopic (exact) mass is 375 g/mol. The summed E-state index contributed by atoms with van der Waals surface area (Å²) in [6.07, 6.45) is 4.52. The fourth-order valence-corrected chi connectivity index (χ4v) is 5.93. The molecule has 7 heteroatoms. The number of sulfonamides is 1. The van der Waals surface area contributed by atoms with Crippen LogP contribution in [0.5, 0.6) is 0 Å². The van der Waals surface area contributed by atoms with Gasteiger partial charge in [-0.05, 0) is 38.2 Å². The van der Waals surface area contributed by atoms with Crippen molar-refractivity contribution >= 4 is 10.0 Å². The molecule has 1 saturated carbocycles. The van der Waals surface area contributed by atoms with Crippen molar-refractivity contribution in [2.24, 2.45) is 11.8 Å². The van der Waals surface area contributed by atoms with E-state index in [1.807, 2.05) is 38.1 Å². The molecule has 26 heavy (non-hydrogen) atoms. The number of nitrogens with zero attached hydrogens (tertiary/aromatic N) is 3. The molecule has 0 spiro atoms. The third kappa shape index (κ3) is 2.69. The van der Waals surface area contributed by atoms with E-state index in [-0.39, 0.29) is 16.7 Å². The number of aliphatic hydroxyl groups is 1. The van der Waals surface area contributed by atoms with Crippen LogP contribution in [0.2, 0.25) is 0 Å². The smallest absolute Gasteiger partial charge is 0.246 e. The first-order valence-corrected chi connectivity index (χ1v) is 10.6. The Labute approximate surface area is 154 Å². The van der Waals surface area contributed by atoms with Gasteiger partial charge in [0.15, 0.2) is 0 Å². The van der Waals surface area contributed by atoms with E-state index in [4.69, 9.17) is 0 Å². The molecular weight excluding hydrogens is 350 g/mol. The molecule has 2 aromatic rings. The van der Waals surface area contributed by atoms with Crippen LogP contribution in [0.4, 0.5) is 0 Å². The summed E-state index contributed by atoms with van der Waals surface area (Å²) >= 11 is 0. The van der Waals surface area contributed by atoms with Gasteiger partial charge in [-0.3, -0.25) is 4.68 Å². The van der Waals surface area contributed by atoms with Gasteiger partial charge in [0, 0.05) is 31.7 Å². The van der Waals surface area contributed by atoms with Gasteiger partial charge in [-0.25, -0.2) is 8.42 Å². The Balaban J connectivity index is 1.60. The normalized spacial score (nSPS) is 29.2. The number of aryl methyl sites for hydroxylation is 2. The SMILES string of the molecule is CCn1cc(S(=O)(=O)N2C[C@H]3CC[C@](O)(c4ccc(C)cc4)[C@H]3C2)cn1. The van der Waals surface area contributed by atoms with Crippen LogP contribution in [0.3, 0.4) is 0 Å². The Hall–Kier alpha value is -1.70. The lowest BCUT2D eigenvalue weighted by Gasteiger charge is -2.30. The third-order valence-corrected chi connectivity index (χ3v) is 7.82. The highest BCUT2D eigenvalue weighted by molar-refractivity contribution is 7.89. The Kier molecular flexibility index (Phi) is 4.21. The summed E-state index contributed by atoms with van der Waals surface area (Å²) in [6, 6.07) is 7.95. The highest BCUT2D eigenvalue weighted by Gasteiger charge is 2.54. The Bertz CT molecular complexity index is 906. The summed E-state index contributed by atoms with van der Waals surface area (Å²) in [7, 11) is -3.57. The molecule has 1 N–H and O–H groups in total. The first kappa shape index (κ1) is 17.7. The summed E-state index contributed by atoms with van der Waals surface area (Å²) in [4.78, 5) is 0.234. The van der Waals surface area contributed by atoms with Crippen LogP contribution < -0.4 is 0 Å². The van der Waals surface area contributed by atoms with Crippen molar-refractivity contribution in [2.75, 3.05) is 13.1 Å². The lowest BCUT2D eigenvalue weighted by atomic mass is 9.82. The first-order chi connectivity index (χ1) is 12.3.